The molecule has 0 fully saturated rings. The van der Waals surface area contributed by atoms with Gasteiger partial charge in [0.2, 0.25) is 0 Å². The van der Waals surface area contributed by atoms with Crippen LogP contribution in [-0.4, -0.2) is 66.7 Å². The molecule has 0 amide bonds. The van der Waals surface area contributed by atoms with Crippen molar-refractivity contribution < 1.29 is 26.6 Å². The van der Waals surface area contributed by atoms with E-state index >= 15 is 0 Å². The monoisotopic (exact) mass is 524 g/mol. The number of ether oxygens (including phenoxy) is 2. The van der Waals surface area contributed by atoms with Crippen LogP contribution < -0.4 is 0 Å². The van der Waals surface area contributed by atoms with Gasteiger partial charge >= 0.3 is 14.8 Å². The fraction of sp³-hybridized carbons (Fsp3) is 0.850. The predicted molar refractivity (Wildman–Crippen MR) is 143 cm³/mol. The highest BCUT2D eigenvalue weighted by Gasteiger charge is 2.53. The zero-order valence-electron chi connectivity index (χ0n) is 22.2. The standard InChI is InChI=1S/C20H48O6Si5/c1-19(2)20(21)23-17-16-22-15-14-18-31(24-27(3,4)5,25-28(6,7)8)26-30(12,13)29(9,10)11/h1,14-18H2,2-13H3. The lowest BCUT2D eigenvalue weighted by atomic mass is 10.4. The third-order valence-electron chi connectivity index (χ3n) is 4.72. The molecule has 0 aromatic rings. The van der Waals surface area contributed by atoms with E-state index in [1.165, 1.54) is 0 Å². The summed E-state index contributed by atoms with van der Waals surface area (Å²) in [5.74, 6) is -0.381. The summed E-state index contributed by atoms with van der Waals surface area (Å²) in [6, 6.07) is 0.758. The molecule has 0 aromatic heterocycles. The van der Waals surface area contributed by atoms with Crippen molar-refractivity contribution in [2.75, 3.05) is 19.8 Å². The highest BCUT2D eigenvalue weighted by Crippen LogP contribution is 2.33. The third-order valence-corrected chi connectivity index (χ3v) is 31.7. The maximum Gasteiger partial charge on any atom is 0.469 e. The summed E-state index contributed by atoms with van der Waals surface area (Å²) in [6.45, 7) is 31.4. The molecule has 0 spiro atoms. The van der Waals surface area contributed by atoms with Crippen molar-refractivity contribution in [2.45, 2.75) is 91.4 Å². The van der Waals surface area contributed by atoms with Gasteiger partial charge in [-0.25, -0.2) is 4.79 Å². The summed E-state index contributed by atoms with van der Waals surface area (Å²) in [4.78, 5) is 11.4. The van der Waals surface area contributed by atoms with Gasteiger partial charge in [-0.3, -0.25) is 0 Å². The molecule has 0 N–H and O–H groups in total. The molecule has 0 unspecified atom stereocenters. The van der Waals surface area contributed by atoms with E-state index in [0.717, 1.165) is 12.5 Å². The summed E-state index contributed by atoms with van der Waals surface area (Å²) in [7, 11) is -10.1. The van der Waals surface area contributed by atoms with E-state index in [0.29, 0.717) is 18.8 Å². The SMILES string of the molecule is C=C(C)C(=O)OCCOCCC[Si](O[Si](C)(C)C)(O[Si](C)(C)C)O[Si](C)(C)[Si](C)(C)C. The second-order valence-corrected chi connectivity index (χ2v) is 40.0. The van der Waals surface area contributed by atoms with Crippen LogP contribution in [0.4, 0.5) is 0 Å². The normalized spacial score (nSPS) is 13.9. The van der Waals surface area contributed by atoms with Gasteiger partial charge in [-0.15, -0.1) is 0 Å². The summed E-state index contributed by atoms with van der Waals surface area (Å²) in [6.07, 6.45) is 0.797. The second-order valence-electron chi connectivity index (χ2n) is 11.6. The van der Waals surface area contributed by atoms with Gasteiger partial charge in [0.25, 0.3) is 0 Å². The molecular formula is C20H48O6Si5. The van der Waals surface area contributed by atoms with Crippen LogP contribution in [0.1, 0.15) is 13.3 Å². The minimum absolute atomic E-state index is 0.233. The van der Waals surface area contributed by atoms with Crippen molar-refractivity contribution >= 4 is 46.8 Å². The molecule has 0 atom stereocenters. The molecule has 11 heteroatoms. The average Bonchev–Trinajstić information content (AvgIpc) is 2.48. The van der Waals surface area contributed by atoms with Crippen LogP contribution in [0.25, 0.3) is 0 Å². The van der Waals surface area contributed by atoms with Gasteiger partial charge in [0.15, 0.2) is 24.5 Å². The Kier molecular flexibility index (Phi) is 12.1. The first-order chi connectivity index (χ1) is 13.7. The van der Waals surface area contributed by atoms with Crippen molar-refractivity contribution in [1.82, 2.24) is 0 Å². The number of hydrogen-bond donors (Lipinski definition) is 0. The molecule has 0 heterocycles. The second kappa shape index (κ2) is 12.0. The van der Waals surface area contributed by atoms with Gasteiger partial charge in [-0.05, 0) is 65.7 Å². The van der Waals surface area contributed by atoms with Crippen LogP contribution in [-0.2, 0) is 26.6 Å². The minimum atomic E-state index is -2.87. The molecule has 0 rings (SSSR count). The molecule has 0 aliphatic rings. The molecule has 184 valence electrons. The molecule has 6 nitrogen and oxygen atoms in total. The average molecular weight is 525 g/mol. The molecule has 0 radical (unpaired) electrons. The van der Waals surface area contributed by atoms with Crippen LogP contribution in [0.15, 0.2) is 12.2 Å². The summed E-state index contributed by atoms with van der Waals surface area (Å²) < 4.78 is 31.5. The van der Waals surface area contributed by atoms with Crippen LogP contribution >= 0.6 is 0 Å². The summed E-state index contributed by atoms with van der Waals surface area (Å²) in [5.41, 5.74) is 0.397. The Morgan fingerprint density at radius 3 is 1.61 bits per heavy atom. The van der Waals surface area contributed by atoms with E-state index in [1.54, 1.807) is 6.92 Å². The quantitative estimate of drug-likeness (QED) is 0.117. The summed E-state index contributed by atoms with van der Waals surface area (Å²) >= 11 is 0. The van der Waals surface area contributed by atoms with E-state index in [9.17, 15) is 4.79 Å². The number of carbonyl (C=O) groups excluding carboxylic acids is 1. The van der Waals surface area contributed by atoms with Gasteiger partial charge in [0, 0.05) is 18.2 Å². The first kappa shape index (κ1) is 31.1. The van der Waals surface area contributed by atoms with Crippen LogP contribution in [0.2, 0.25) is 78.1 Å². The number of rotatable bonds is 15. The van der Waals surface area contributed by atoms with Crippen LogP contribution in [0.3, 0.4) is 0 Å². The zero-order chi connectivity index (χ0) is 24.7. The summed E-state index contributed by atoms with van der Waals surface area (Å²) in [5, 5.41) is 0. The topological polar surface area (TPSA) is 63.2 Å². The fourth-order valence-electron chi connectivity index (χ4n) is 2.50. The first-order valence-electron chi connectivity index (χ1n) is 11.2. The molecule has 0 aliphatic carbocycles. The molecule has 31 heavy (non-hydrogen) atoms. The minimum Gasteiger partial charge on any atom is -0.460 e. The van der Waals surface area contributed by atoms with E-state index in [2.05, 4.69) is 78.6 Å². The largest absolute Gasteiger partial charge is 0.469 e. The smallest absolute Gasteiger partial charge is 0.460 e. The molecule has 0 bridgehead atoms. The maximum absolute atomic E-state index is 11.4. The van der Waals surface area contributed by atoms with Gasteiger partial charge in [-0.1, -0.05) is 26.2 Å². The van der Waals surface area contributed by atoms with Crippen LogP contribution in [0.5, 0.6) is 0 Å². The van der Waals surface area contributed by atoms with Gasteiger partial charge in [-0.2, -0.15) is 0 Å². The predicted octanol–water partition coefficient (Wildman–Crippen LogP) is 5.79. The Bertz CT molecular complexity index is 574. The van der Waals surface area contributed by atoms with Gasteiger partial charge in [0.05, 0.1) is 14.2 Å². The van der Waals surface area contributed by atoms with Crippen molar-refractivity contribution in [1.29, 1.82) is 0 Å². The van der Waals surface area contributed by atoms with Gasteiger partial charge < -0.3 is 21.8 Å². The first-order valence-corrected chi connectivity index (χ1v) is 27.4. The van der Waals surface area contributed by atoms with E-state index in [-0.39, 0.29) is 12.6 Å². The Hall–Kier alpha value is 0.134. The Balaban J connectivity index is 5.28. The van der Waals surface area contributed by atoms with Gasteiger partial charge in [0.1, 0.15) is 6.61 Å². The highest BCUT2D eigenvalue weighted by atomic mass is 29.3. The number of esters is 1. The zero-order valence-corrected chi connectivity index (χ0v) is 27.2. The van der Waals surface area contributed by atoms with Crippen molar-refractivity contribution in [3.05, 3.63) is 12.2 Å². The highest BCUT2D eigenvalue weighted by molar-refractivity contribution is 7.38. The lowest BCUT2D eigenvalue weighted by molar-refractivity contribution is -0.140. The lowest BCUT2D eigenvalue weighted by Gasteiger charge is -2.47. The number of carbonyl (C=O) groups is 1. The van der Waals surface area contributed by atoms with E-state index < -0.39 is 40.9 Å². The maximum atomic E-state index is 11.4. The molecule has 0 saturated carbocycles. The van der Waals surface area contributed by atoms with Crippen LogP contribution in [0, 0.1) is 0 Å². The van der Waals surface area contributed by atoms with Crippen molar-refractivity contribution in [2.24, 2.45) is 0 Å². The van der Waals surface area contributed by atoms with Crippen molar-refractivity contribution in [3.63, 3.8) is 0 Å². The fourth-order valence-corrected chi connectivity index (χ4v) is 21.9. The number of hydrogen-bond acceptors (Lipinski definition) is 6. The lowest BCUT2D eigenvalue weighted by Crippen LogP contribution is -2.66. The van der Waals surface area contributed by atoms with E-state index in [1.807, 2.05) is 0 Å². The van der Waals surface area contributed by atoms with Crippen molar-refractivity contribution in [3.8, 4) is 0 Å². The third kappa shape index (κ3) is 13.4. The molecule has 0 aliphatic heterocycles. The molecule has 0 aromatic carbocycles. The Morgan fingerprint density at radius 1 is 0.742 bits per heavy atom. The molecule has 0 saturated heterocycles. The molecular weight excluding hydrogens is 477 g/mol. The van der Waals surface area contributed by atoms with E-state index in [4.69, 9.17) is 21.8 Å². The Morgan fingerprint density at radius 2 is 1.23 bits per heavy atom. The Labute approximate surface area is 196 Å².